The lowest BCUT2D eigenvalue weighted by molar-refractivity contribution is 0.607. The highest BCUT2D eigenvalue weighted by atomic mass is 79.9. The Balaban J connectivity index is 2.25. The van der Waals surface area contributed by atoms with Crippen LogP contribution in [0.5, 0.6) is 0 Å². The first-order valence-corrected chi connectivity index (χ1v) is 7.01. The second-order valence-corrected chi connectivity index (χ2v) is 5.67. The molecule has 2 rings (SSSR count). The van der Waals surface area contributed by atoms with E-state index in [1.165, 1.54) is 6.07 Å². The van der Waals surface area contributed by atoms with Gasteiger partial charge in [-0.25, -0.2) is 4.39 Å². The summed E-state index contributed by atoms with van der Waals surface area (Å²) in [6.07, 6.45) is 0.407. The maximum absolute atomic E-state index is 13.5. The summed E-state index contributed by atoms with van der Waals surface area (Å²) in [4.78, 5) is 0. The third-order valence-corrected chi connectivity index (χ3v) is 4.38. The Morgan fingerprint density at radius 1 is 1.11 bits per heavy atom. The lowest BCUT2D eigenvalue weighted by Crippen LogP contribution is -1.99. The lowest BCUT2D eigenvalue weighted by Gasteiger charge is -2.13. The van der Waals surface area contributed by atoms with Crippen LogP contribution in [0.25, 0.3) is 0 Å². The Morgan fingerprint density at radius 2 is 1.83 bits per heavy atom. The second-order valence-electron chi connectivity index (χ2n) is 3.91. The van der Waals surface area contributed by atoms with Crippen molar-refractivity contribution in [3.8, 4) is 0 Å². The average Bonchev–Trinajstić information content (AvgIpc) is 2.35. The van der Waals surface area contributed by atoms with Crippen molar-refractivity contribution in [3.63, 3.8) is 0 Å². The fourth-order valence-corrected chi connectivity index (χ4v) is 2.77. The summed E-state index contributed by atoms with van der Waals surface area (Å²) in [7, 11) is 0. The topological polar surface area (TPSA) is 0 Å². The summed E-state index contributed by atoms with van der Waals surface area (Å²) >= 11 is 15.8. The molecule has 18 heavy (non-hydrogen) atoms. The predicted molar refractivity (Wildman–Crippen MR) is 77.9 cm³/mol. The molecule has 0 saturated carbocycles. The predicted octanol–water partition coefficient (Wildman–Crippen LogP) is 5.76. The highest BCUT2D eigenvalue weighted by Crippen LogP contribution is 2.35. The molecule has 0 fully saturated rings. The molecule has 0 amide bonds. The van der Waals surface area contributed by atoms with Crippen LogP contribution in [0.1, 0.15) is 16.5 Å². The maximum Gasteiger partial charge on any atom is 0.126 e. The highest BCUT2D eigenvalue weighted by molar-refractivity contribution is 9.10. The average molecular weight is 348 g/mol. The molecule has 0 aliphatic carbocycles. The number of rotatable bonds is 3. The van der Waals surface area contributed by atoms with Gasteiger partial charge in [0.2, 0.25) is 0 Å². The molecule has 0 aromatic heterocycles. The minimum Gasteiger partial charge on any atom is -0.207 e. The van der Waals surface area contributed by atoms with E-state index in [0.717, 1.165) is 10.0 Å². The smallest absolute Gasteiger partial charge is 0.126 e. The Morgan fingerprint density at radius 3 is 2.56 bits per heavy atom. The van der Waals surface area contributed by atoms with Crippen LogP contribution in [0.3, 0.4) is 0 Å². The van der Waals surface area contributed by atoms with E-state index in [9.17, 15) is 4.39 Å². The molecule has 0 N–H and O–H groups in total. The summed E-state index contributed by atoms with van der Waals surface area (Å²) in [5.74, 6) is -0.241. The molecule has 0 aliphatic rings. The lowest BCUT2D eigenvalue weighted by atomic mass is 10.0. The molecule has 1 unspecified atom stereocenters. The highest BCUT2D eigenvalue weighted by Gasteiger charge is 2.15. The molecule has 0 aliphatic heterocycles. The zero-order valence-electron chi connectivity index (χ0n) is 9.34. The van der Waals surface area contributed by atoms with Gasteiger partial charge in [-0.3, -0.25) is 0 Å². The molecule has 0 saturated heterocycles. The molecule has 0 heterocycles. The van der Waals surface area contributed by atoms with Crippen LogP contribution in [0.2, 0.25) is 5.02 Å². The minimum absolute atomic E-state index is 0.241. The Hall–Kier alpha value is -0.570. The fraction of sp³-hybridized carbons (Fsp3) is 0.143. The first kappa shape index (κ1) is 13.9. The van der Waals surface area contributed by atoms with Gasteiger partial charge in [0, 0.05) is 4.47 Å². The monoisotopic (exact) mass is 346 g/mol. The van der Waals surface area contributed by atoms with Gasteiger partial charge < -0.3 is 0 Å². The van der Waals surface area contributed by atoms with Crippen LogP contribution in [0, 0.1) is 5.82 Å². The van der Waals surface area contributed by atoms with E-state index in [0.29, 0.717) is 17.0 Å². The van der Waals surface area contributed by atoms with Crippen LogP contribution >= 0.6 is 39.1 Å². The summed E-state index contributed by atoms with van der Waals surface area (Å²) in [5, 5.41) is 0.223. The molecule has 0 bridgehead atoms. The normalized spacial score (nSPS) is 12.4. The van der Waals surface area contributed by atoms with Crippen molar-refractivity contribution in [1.29, 1.82) is 0 Å². The third-order valence-electron chi connectivity index (χ3n) is 2.68. The zero-order chi connectivity index (χ0) is 13.1. The van der Waals surface area contributed by atoms with Gasteiger partial charge in [0.05, 0.1) is 10.4 Å². The molecule has 0 nitrogen and oxygen atoms in total. The standard InChI is InChI=1S/C14H10BrCl2F/c15-11-6-3-5-10(14(11)17)12(16)8-9-4-1-2-7-13(9)18/h1-7,12H,8H2. The van der Waals surface area contributed by atoms with Gasteiger partial charge in [0.15, 0.2) is 0 Å². The van der Waals surface area contributed by atoms with Crippen molar-refractivity contribution in [2.24, 2.45) is 0 Å². The Labute approximate surface area is 124 Å². The van der Waals surface area contributed by atoms with Gasteiger partial charge in [-0.1, -0.05) is 41.9 Å². The van der Waals surface area contributed by atoms with E-state index in [1.54, 1.807) is 18.2 Å². The van der Waals surface area contributed by atoms with Crippen LogP contribution in [-0.4, -0.2) is 0 Å². The number of halogens is 4. The van der Waals surface area contributed by atoms with E-state index in [4.69, 9.17) is 23.2 Å². The quantitative estimate of drug-likeness (QED) is 0.619. The number of alkyl halides is 1. The number of hydrogen-bond acceptors (Lipinski definition) is 0. The van der Waals surface area contributed by atoms with Crippen molar-refractivity contribution in [2.75, 3.05) is 0 Å². The molecule has 2 aromatic rings. The molecule has 94 valence electrons. The first-order valence-electron chi connectivity index (χ1n) is 5.41. The molecule has 1 atom stereocenters. The summed E-state index contributed by atoms with van der Waals surface area (Å²) < 4.78 is 14.3. The van der Waals surface area contributed by atoms with Crippen molar-refractivity contribution in [3.05, 3.63) is 68.9 Å². The molecular weight excluding hydrogens is 338 g/mol. The van der Waals surface area contributed by atoms with E-state index >= 15 is 0 Å². The van der Waals surface area contributed by atoms with E-state index in [1.807, 2.05) is 18.2 Å². The molecular formula is C14H10BrCl2F. The van der Waals surface area contributed by atoms with Crippen molar-refractivity contribution in [1.82, 2.24) is 0 Å². The SMILES string of the molecule is Fc1ccccc1CC(Cl)c1cccc(Br)c1Cl. The van der Waals surface area contributed by atoms with Gasteiger partial charge in [0.25, 0.3) is 0 Å². The molecule has 2 aromatic carbocycles. The van der Waals surface area contributed by atoms with Crippen LogP contribution in [0.4, 0.5) is 4.39 Å². The van der Waals surface area contributed by atoms with Gasteiger partial charge in [-0.05, 0) is 45.6 Å². The third kappa shape index (κ3) is 3.05. The fourth-order valence-electron chi connectivity index (χ4n) is 1.73. The van der Waals surface area contributed by atoms with Crippen LogP contribution in [0.15, 0.2) is 46.9 Å². The van der Waals surface area contributed by atoms with Crippen LogP contribution < -0.4 is 0 Å². The number of hydrogen-bond donors (Lipinski definition) is 0. The largest absolute Gasteiger partial charge is 0.207 e. The number of benzene rings is 2. The first-order chi connectivity index (χ1) is 8.59. The van der Waals surface area contributed by atoms with Gasteiger partial charge in [0.1, 0.15) is 5.82 Å². The zero-order valence-corrected chi connectivity index (χ0v) is 12.4. The second kappa shape index (κ2) is 6.05. The maximum atomic E-state index is 13.5. The Kier molecular flexibility index (Phi) is 4.66. The van der Waals surface area contributed by atoms with E-state index in [-0.39, 0.29) is 11.2 Å². The van der Waals surface area contributed by atoms with Gasteiger partial charge in [-0.15, -0.1) is 11.6 Å². The van der Waals surface area contributed by atoms with Crippen molar-refractivity contribution < 1.29 is 4.39 Å². The van der Waals surface area contributed by atoms with Gasteiger partial charge in [-0.2, -0.15) is 0 Å². The van der Waals surface area contributed by atoms with Gasteiger partial charge >= 0.3 is 0 Å². The Bertz CT molecular complexity index is 557. The summed E-state index contributed by atoms with van der Waals surface area (Å²) in [6.45, 7) is 0. The summed E-state index contributed by atoms with van der Waals surface area (Å²) in [5.41, 5.74) is 1.39. The van der Waals surface area contributed by atoms with Crippen molar-refractivity contribution >= 4 is 39.1 Å². The van der Waals surface area contributed by atoms with E-state index < -0.39 is 0 Å². The molecule has 0 spiro atoms. The van der Waals surface area contributed by atoms with Crippen molar-refractivity contribution in [2.45, 2.75) is 11.8 Å². The van der Waals surface area contributed by atoms with E-state index in [2.05, 4.69) is 15.9 Å². The molecule has 4 heteroatoms. The minimum atomic E-state index is -0.355. The summed E-state index contributed by atoms with van der Waals surface area (Å²) in [6, 6.07) is 12.2. The molecule has 0 radical (unpaired) electrons. The van der Waals surface area contributed by atoms with Crippen LogP contribution in [-0.2, 0) is 6.42 Å².